The number of halogens is 4. The van der Waals surface area contributed by atoms with Gasteiger partial charge in [-0.1, -0.05) is 6.07 Å². The van der Waals surface area contributed by atoms with Gasteiger partial charge in [0.15, 0.2) is 0 Å². The molecule has 1 fully saturated rings. The zero-order chi connectivity index (χ0) is 26.2. The Kier molecular flexibility index (Phi) is 7.10. The predicted molar refractivity (Wildman–Crippen MR) is 126 cm³/mol. The van der Waals surface area contributed by atoms with Crippen molar-refractivity contribution in [3.63, 3.8) is 0 Å². The zero-order valence-electron chi connectivity index (χ0n) is 19.7. The first-order valence-corrected chi connectivity index (χ1v) is 12.5. The summed E-state index contributed by atoms with van der Waals surface area (Å²) in [5, 5.41) is 12.1. The number of hydrogen-bond acceptors (Lipinski definition) is 6. The highest BCUT2D eigenvalue weighted by molar-refractivity contribution is 7.81. The van der Waals surface area contributed by atoms with E-state index in [1.54, 1.807) is 36.6 Å². The third kappa shape index (κ3) is 5.10. The number of alkyl halides is 4. The summed E-state index contributed by atoms with van der Waals surface area (Å²) in [6, 6.07) is 6.41. The van der Waals surface area contributed by atoms with Crippen LogP contribution in [-0.4, -0.2) is 59.6 Å². The summed E-state index contributed by atoms with van der Waals surface area (Å²) in [7, 11) is -1.31. The van der Waals surface area contributed by atoms with E-state index in [-0.39, 0.29) is 24.6 Å². The maximum Gasteiger partial charge on any atom is 0.420 e. The van der Waals surface area contributed by atoms with Crippen LogP contribution < -0.4 is 5.32 Å². The molecule has 36 heavy (non-hydrogen) atoms. The third-order valence-corrected chi connectivity index (χ3v) is 7.15. The summed E-state index contributed by atoms with van der Waals surface area (Å²) < 4.78 is 70.9. The Bertz CT molecular complexity index is 1350. The van der Waals surface area contributed by atoms with Crippen molar-refractivity contribution in [2.45, 2.75) is 38.7 Å². The maximum absolute atomic E-state index is 14.7. The Morgan fingerprint density at radius 3 is 2.64 bits per heavy atom. The van der Waals surface area contributed by atoms with E-state index in [1.807, 2.05) is 0 Å². The van der Waals surface area contributed by atoms with Gasteiger partial charge in [-0.25, -0.2) is 27.9 Å². The van der Waals surface area contributed by atoms with Crippen LogP contribution in [0.5, 0.6) is 0 Å². The molecule has 3 atom stereocenters. The summed E-state index contributed by atoms with van der Waals surface area (Å²) in [6.45, 7) is 3.67. The minimum atomic E-state index is -4.75. The molecule has 0 aliphatic carbocycles. The van der Waals surface area contributed by atoms with Crippen LogP contribution in [0.2, 0.25) is 0 Å². The second-order valence-electron chi connectivity index (χ2n) is 8.43. The van der Waals surface area contributed by atoms with E-state index in [0.717, 1.165) is 0 Å². The van der Waals surface area contributed by atoms with Gasteiger partial charge in [0.05, 0.1) is 34.3 Å². The second kappa shape index (κ2) is 9.94. The first-order chi connectivity index (χ1) is 17.0. The lowest BCUT2D eigenvalue weighted by atomic mass is 10.1. The largest absolute Gasteiger partial charge is 0.420 e. The number of benzene rings is 1. The molecular formula is C23H23F4N7OS. The molecule has 1 aliphatic heterocycles. The van der Waals surface area contributed by atoms with Crippen LogP contribution in [0.4, 0.5) is 23.5 Å². The first kappa shape index (κ1) is 25.7. The molecule has 13 heteroatoms. The summed E-state index contributed by atoms with van der Waals surface area (Å²) in [5.74, 6) is 0.236. The fraction of sp³-hybridized carbons (Fsp3) is 0.391. The van der Waals surface area contributed by atoms with Crippen molar-refractivity contribution in [2.24, 2.45) is 0 Å². The molecule has 8 nitrogen and oxygen atoms in total. The molecule has 0 spiro atoms. The van der Waals surface area contributed by atoms with E-state index < -0.39 is 40.6 Å². The molecule has 3 unspecified atom stereocenters. The number of imidazole rings is 1. The summed E-state index contributed by atoms with van der Waals surface area (Å²) in [6.07, 6.45) is -2.33. The van der Waals surface area contributed by atoms with Gasteiger partial charge in [0.25, 0.3) is 0 Å². The molecule has 190 valence electrons. The lowest BCUT2D eigenvalue weighted by Crippen LogP contribution is -2.48. The van der Waals surface area contributed by atoms with E-state index in [0.29, 0.717) is 35.4 Å². The SMILES string of the molecule is Cc1c(C#N)cccc1-n1cc(-c2nc(NC3CCN(S(C)=O)CC3F)ncc2C(F)(F)F)nc1C. The number of hydrogen-bond donors (Lipinski definition) is 1. The molecule has 0 saturated carbocycles. The molecule has 1 aromatic carbocycles. The number of nitrogens with one attached hydrogen (secondary N) is 1. The molecule has 4 rings (SSSR count). The smallest absolute Gasteiger partial charge is 0.348 e. The molecular weight excluding hydrogens is 498 g/mol. The number of nitriles is 1. The van der Waals surface area contributed by atoms with Crippen molar-refractivity contribution < 1.29 is 21.8 Å². The Morgan fingerprint density at radius 1 is 1.25 bits per heavy atom. The van der Waals surface area contributed by atoms with E-state index in [4.69, 9.17) is 0 Å². The second-order valence-corrected chi connectivity index (χ2v) is 9.79. The molecule has 2 aromatic heterocycles. The predicted octanol–water partition coefficient (Wildman–Crippen LogP) is 3.95. The molecule has 1 N–H and O–H groups in total. The average Bonchev–Trinajstić information content (AvgIpc) is 3.21. The van der Waals surface area contributed by atoms with Gasteiger partial charge in [-0.05, 0) is 38.0 Å². The maximum atomic E-state index is 14.7. The number of nitrogens with zero attached hydrogens (tertiary/aromatic N) is 6. The van der Waals surface area contributed by atoms with Crippen molar-refractivity contribution in [2.75, 3.05) is 24.7 Å². The van der Waals surface area contributed by atoms with Crippen LogP contribution in [0.15, 0.2) is 30.6 Å². The fourth-order valence-corrected chi connectivity index (χ4v) is 4.84. The van der Waals surface area contributed by atoms with Crippen molar-refractivity contribution in [1.29, 1.82) is 5.26 Å². The summed E-state index contributed by atoms with van der Waals surface area (Å²) in [5.41, 5.74) is 0.130. The summed E-state index contributed by atoms with van der Waals surface area (Å²) in [4.78, 5) is 12.2. The molecule has 0 radical (unpaired) electrons. The Balaban J connectivity index is 1.71. The van der Waals surface area contributed by atoms with E-state index in [9.17, 15) is 27.0 Å². The van der Waals surface area contributed by atoms with Crippen molar-refractivity contribution in [3.8, 4) is 23.1 Å². The Morgan fingerprint density at radius 2 is 2.00 bits per heavy atom. The van der Waals surface area contributed by atoms with Crippen LogP contribution >= 0.6 is 0 Å². The number of anilines is 1. The number of rotatable bonds is 5. The van der Waals surface area contributed by atoms with Crippen molar-refractivity contribution in [1.82, 2.24) is 23.8 Å². The molecule has 1 aliphatic rings. The molecule has 0 bridgehead atoms. The van der Waals surface area contributed by atoms with Crippen LogP contribution in [0, 0.1) is 25.2 Å². The van der Waals surface area contributed by atoms with Gasteiger partial charge in [-0.3, -0.25) is 0 Å². The normalized spacial score (nSPS) is 19.6. The molecule has 0 amide bonds. The van der Waals surface area contributed by atoms with Gasteiger partial charge in [0, 0.05) is 31.7 Å². The number of aromatic nitrogens is 4. The highest BCUT2D eigenvalue weighted by Crippen LogP contribution is 2.36. The van der Waals surface area contributed by atoms with Crippen LogP contribution in [0.25, 0.3) is 17.1 Å². The minimum Gasteiger partial charge on any atom is -0.348 e. The average molecular weight is 522 g/mol. The minimum absolute atomic E-state index is 0.0416. The molecule has 3 heterocycles. The van der Waals surface area contributed by atoms with Crippen LogP contribution in [0.3, 0.4) is 0 Å². The van der Waals surface area contributed by atoms with Gasteiger partial charge < -0.3 is 9.88 Å². The van der Waals surface area contributed by atoms with Crippen LogP contribution in [0.1, 0.15) is 28.9 Å². The third-order valence-electron chi connectivity index (χ3n) is 6.09. The number of aryl methyl sites for hydroxylation is 1. The highest BCUT2D eigenvalue weighted by Gasteiger charge is 2.37. The molecule has 1 saturated heterocycles. The van der Waals surface area contributed by atoms with E-state index in [2.05, 4.69) is 26.3 Å². The molecule has 3 aromatic rings. The number of piperidine rings is 1. The van der Waals surface area contributed by atoms with Gasteiger partial charge >= 0.3 is 6.18 Å². The topological polar surface area (TPSA) is 99.7 Å². The first-order valence-electron chi connectivity index (χ1n) is 11.0. The van der Waals surface area contributed by atoms with Gasteiger partial charge in [0.2, 0.25) is 5.95 Å². The monoisotopic (exact) mass is 521 g/mol. The summed E-state index contributed by atoms with van der Waals surface area (Å²) >= 11 is 0. The standard InChI is InChI=1S/C23H23F4N7OS/c1-13-15(9-28)5-4-6-20(13)34-12-19(30-14(34)2)21-16(23(25,26)27)10-29-22(32-21)31-18-7-8-33(36(3)35)11-17(18)24/h4-6,10,12,17-18H,7-8,11H2,1-3H3,(H,29,31,32). The van der Waals surface area contributed by atoms with Gasteiger partial charge in [-0.15, -0.1) is 0 Å². The Labute approximate surface area is 207 Å². The van der Waals surface area contributed by atoms with Gasteiger partial charge in [0.1, 0.15) is 28.9 Å². The van der Waals surface area contributed by atoms with Crippen LogP contribution in [-0.2, 0) is 17.2 Å². The zero-order valence-corrected chi connectivity index (χ0v) is 20.5. The van der Waals surface area contributed by atoms with E-state index in [1.165, 1.54) is 16.8 Å². The Hall–Kier alpha value is -3.37. The van der Waals surface area contributed by atoms with Crippen molar-refractivity contribution >= 4 is 16.9 Å². The van der Waals surface area contributed by atoms with Crippen molar-refractivity contribution in [3.05, 3.63) is 53.1 Å². The quantitative estimate of drug-likeness (QED) is 0.511. The van der Waals surface area contributed by atoms with Gasteiger partial charge in [-0.2, -0.15) is 18.4 Å². The lowest BCUT2D eigenvalue weighted by molar-refractivity contribution is -0.137. The highest BCUT2D eigenvalue weighted by atomic mass is 32.2. The lowest BCUT2D eigenvalue weighted by Gasteiger charge is -2.33. The van der Waals surface area contributed by atoms with E-state index >= 15 is 0 Å². The fourth-order valence-electron chi connectivity index (χ4n) is 4.13.